The predicted molar refractivity (Wildman–Crippen MR) is 112 cm³/mol. The van der Waals surface area contributed by atoms with E-state index in [0.29, 0.717) is 35.4 Å². The van der Waals surface area contributed by atoms with Crippen LogP contribution in [0.2, 0.25) is 0 Å². The van der Waals surface area contributed by atoms with Crippen molar-refractivity contribution >= 4 is 34.2 Å². The number of aliphatic carboxylic acids is 1. The van der Waals surface area contributed by atoms with Crippen molar-refractivity contribution in [3.05, 3.63) is 53.4 Å². The van der Waals surface area contributed by atoms with E-state index in [1.165, 1.54) is 11.3 Å². The minimum Gasteiger partial charge on any atom is -0.481 e. The topological polar surface area (TPSA) is 92.7 Å². The van der Waals surface area contributed by atoms with Gasteiger partial charge in [-0.05, 0) is 24.8 Å². The number of anilines is 1. The molecule has 3 rings (SSSR count). The molecule has 0 saturated heterocycles. The molecule has 1 amide bonds. The van der Waals surface area contributed by atoms with E-state index in [1.54, 1.807) is 6.08 Å². The van der Waals surface area contributed by atoms with Crippen molar-refractivity contribution < 1.29 is 24.2 Å². The van der Waals surface area contributed by atoms with Gasteiger partial charge < -0.3 is 15.2 Å². The molecular weight excluding hydrogens is 390 g/mol. The summed E-state index contributed by atoms with van der Waals surface area (Å²) in [5.74, 6) is -3.34. The lowest BCUT2D eigenvalue weighted by Crippen LogP contribution is -2.34. The summed E-state index contributed by atoms with van der Waals surface area (Å²) in [5.41, 5.74) is 1.84. The van der Waals surface area contributed by atoms with Crippen LogP contribution < -0.4 is 5.32 Å². The van der Waals surface area contributed by atoms with Gasteiger partial charge in [-0.2, -0.15) is 0 Å². The average Bonchev–Trinajstić information content (AvgIpc) is 3.16. The number of thiophene rings is 1. The van der Waals surface area contributed by atoms with Crippen LogP contribution >= 0.6 is 11.3 Å². The number of carboxylic acid groups (broad SMARTS) is 1. The number of hydrogen-bond acceptors (Lipinski definition) is 5. The van der Waals surface area contributed by atoms with Gasteiger partial charge in [-0.15, -0.1) is 11.3 Å². The Morgan fingerprint density at radius 2 is 1.83 bits per heavy atom. The Morgan fingerprint density at radius 3 is 2.48 bits per heavy atom. The van der Waals surface area contributed by atoms with Crippen LogP contribution in [0.5, 0.6) is 0 Å². The van der Waals surface area contributed by atoms with Gasteiger partial charge in [0.2, 0.25) is 5.91 Å². The molecule has 7 heteroatoms. The molecule has 1 aromatic carbocycles. The molecule has 6 nitrogen and oxygen atoms in total. The molecule has 1 heterocycles. The Kier molecular flexibility index (Phi) is 6.82. The van der Waals surface area contributed by atoms with Crippen molar-refractivity contribution in [2.75, 3.05) is 11.9 Å². The van der Waals surface area contributed by atoms with Crippen molar-refractivity contribution in [1.82, 2.24) is 0 Å². The quantitative estimate of drug-likeness (QED) is 0.512. The van der Waals surface area contributed by atoms with Crippen LogP contribution in [0.15, 0.2) is 47.9 Å². The van der Waals surface area contributed by atoms with E-state index in [-0.39, 0.29) is 6.61 Å². The molecule has 1 aliphatic rings. The molecule has 0 radical (unpaired) electrons. The highest BCUT2D eigenvalue weighted by atomic mass is 32.1. The smallest absolute Gasteiger partial charge is 0.341 e. The Balaban J connectivity index is 1.91. The maximum absolute atomic E-state index is 12.9. The second-order valence-electron chi connectivity index (χ2n) is 6.84. The number of allylic oxidation sites excluding steroid dienone is 2. The lowest BCUT2D eigenvalue weighted by molar-refractivity contribution is -0.146. The Hall–Kier alpha value is -2.93. The summed E-state index contributed by atoms with van der Waals surface area (Å²) < 4.78 is 5.34. The first-order valence-electron chi connectivity index (χ1n) is 9.55. The van der Waals surface area contributed by atoms with Gasteiger partial charge in [-0.1, -0.05) is 49.4 Å². The third kappa shape index (κ3) is 4.74. The minimum atomic E-state index is -0.992. The highest BCUT2D eigenvalue weighted by molar-refractivity contribution is 7.15. The lowest BCUT2D eigenvalue weighted by atomic mass is 9.82. The third-order valence-corrected chi connectivity index (χ3v) is 5.74. The summed E-state index contributed by atoms with van der Waals surface area (Å²) >= 11 is 1.24. The van der Waals surface area contributed by atoms with E-state index in [2.05, 4.69) is 5.32 Å². The number of rotatable bonds is 7. The first-order valence-corrected chi connectivity index (χ1v) is 10.4. The Bertz CT molecular complexity index is 919. The van der Waals surface area contributed by atoms with Gasteiger partial charge in [-0.3, -0.25) is 9.59 Å². The number of nitrogens with one attached hydrogen (secondary N) is 1. The number of carboxylic acids is 1. The fourth-order valence-electron chi connectivity index (χ4n) is 3.33. The van der Waals surface area contributed by atoms with E-state index in [0.717, 1.165) is 5.56 Å². The molecule has 2 atom stereocenters. The maximum Gasteiger partial charge on any atom is 0.341 e. The van der Waals surface area contributed by atoms with Crippen LogP contribution in [0.1, 0.15) is 36.5 Å². The number of carbonyl (C=O) groups is 3. The lowest BCUT2D eigenvalue weighted by Gasteiger charge is -2.24. The Labute approximate surface area is 173 Å². The molecule has 2 aromatic rings. The van der Waals surface area contributed by atoms with Gasteiger partial charge in [0.05, 0.1) is 18.4 Å². The molecule has 0 saturated carbocycles. The summed E-state index contributed by atoms with van der Waals surface area (Å²) in [7, 11) is 0. The summed E-state index contributed by atoms with van der Waals surface area (Å²) in [5, 5.41) is 14.4. The van der Waals surface area contributed by atoms with Crippen LogP contribution in [0.25, 0.3) is 11.1 Å². The number of benzene rings is 1. The van der Waals surface area contributed by atoms with Gasteiger partial charge in [-0.25, -0.2) is 4.79 Å². The zero-order valence-corrected chi connectivity index (χ0v) is 16.9. The zero-order chi connectivity index (χ0) is 20.8. The molecule has 0 spiro atoms. The summed E-state index contributed by atoms with van der Waals surface area (Å²) in [6.07, 6.45) is 4.97. The third-order valence-electron chi connectivity index (χ3n) is 4.84. The second-order valence-corrected chi connectivity index (χ2v) is 7.72. The molecule has 2 unspecified atom stereocenters. The minimum absolute atomic E-state index is 0.283. The van der Waals surface area contributed by atoms with Crippen LogP contribution in [0.4, 0.5) is 5.00 Å². The summed E-state index contributed by atoms with van der Waals surface area (Å²) in [4.78, 5) is 37.1. The van der Waals surface area contributed by atoms with Crippen LogP contribution in [-0.2, 0) is 14.3 Å². The molecule has 0 bridgehead atoms. The number of amides is 1. The first-order chi connectivity index (χ1) is 14.0. The van der Waals surface area contributed by atoms with Crippen molar-refractivity contribution in [2.45, 2.75) is 26.2 Å². The normalized spacial score (nSPS) is 18.2. The van der Waals surface area contributed by atoms with Crippen molar-refractivity contribution in [3.8, 4) is 11.1 Å². The van der Waals surface area contributed by atoms with Crippen LogP contribution in [0.3, 0.4) is 0 Å². The van der Waals surface area contributed by atoms with E-state index in [9.17, 15) is 19.5 Å². The first kappa shape index (κ1) is 20.8. The summed E-state index contributed by atoms with van der Waals surface area (Å²) in [6, 6.07) is 9.40. The second kappa shape index (κ2) is 9.52. The largest absolute Gasteiger partial charge is 0.481 e. The fourth-order valence-corrected chi connectivity index (χ4v) is 4.29. The number of hydrogen-bond donors (Lipinski definition) is 2. The fraction of sp³-hybridized carbons (Fsp3) is 0.318. The Morgan fingerprint density at radius 1 is 1.14 bits per heavy atom. The van der Waals surface area contributed by atoms with Crippen molar-refractivity contribution in [1.29, 1.82) is 0 Å². The highest BCUT2D eigenvalue weighted by Gasteiger charge is 2.35. The highest BCUT2D eigenvalue weighted by Crippen LogP contribution is 2.37. The molecule has 29 heavy (non-hydrogen) atoms. The standard InChI is InChI=1S/C22H23NO5S/c1-2-12-28-22(27)18-17(14-8-4-3-5-9-14)13-29-20(18)23-19(24)15-10-6-7-11-16(15)21(25)26/h3-9,13,15-16H,2,10-12H2,1H3,(H,23,24)(H,25,26). The number of ether oxygens (including phenoxy) is 1. The van der Waals surface area contributed by atoms with E-state index >= 15 is 0 Å². The SMILES string of the molecule is CCCOC(=O)c1c(-c2ccccc2)csc1NC(=O)C1CC=CCC1C(=O)O. The van der Waals surface area contributed by atoms with E-state index < -0.39 is 29.7 Å². The summed E-state index contributed by atoms with van der Waals surface area (Å²) in [6.45, 7) is 2.19. The number of carbonyl (C=O) groups excluding carboxylic acids is 2. The molecule has 152 valence electrons. The zero-order valence-electron chi connectivity index (χ0n) is 16.1. The average molecular weight is 413 g/mol. The van der Waals surface area contributed by atoms with E-state index in [4.69, 9.17) is 4.74 Å². The van der Waals surface area contributed by atoms with Gasteiger partial charge in [0, 0.05) is 10.9 Å². The molecule has 1 aliphatic carbocycles. The van der Waals surface area contributed by atoms with Crippen LogP contribution in [0, 0.1) is 11.8 Å². The van der Waals surface area contributed by atoms with Gasteiger partial charge in [0.15, 0.2) is 0 Å². The van der Waals surface area contributed by atoms with Crippen molar-refractivity contribution in [3.63, 3.8) is 0 Å². The monoisotopic (exact) mass is 413 g/mol. The van der Waals surface area contributed by atoms with Crippen LogP contribution in [-0.4, -0.2) is 29.6 Å². The van der Waals surface area contributed by atoms with E-state index in [1.807, 2.05) is 48.7 Å². The van der Waals surface area contributed by atoms with Gasteiger partial charge in [0.1, 0.15) is 10.6 Å². The van der Waals surface area contributed by atoms with Crippen molar-refractivity contribution in [2.24, 2.45) is 11.8 Å². The molecule has 0 fully saturated rings. The number of esters is 1. The molecular formula is C22H23NO5S. The molecule has 2 N–H and O–H groups in total. The van der Waals surface area contributed by atoms with Gasteiger partial charge in [0.25, 0.3) is 0 Å². The van der Waals surface area contributed by atoms with Gasteiger partial charge >= 0.3 is 11.9 Å². The maximum atomic E-state index is 12.9. The predicted octanol–water partition coefficient (Wildman–Crippen LogP) is 4.59. The molecule has 1 aromatic heterocycles. The molecule has 0 aliphatic heterocycles.